The molecule has 0 bridgehead atoms. The van der Waals surface area contributed by atoms with Gasteiger partial charge in [-0.1, -0.05) is 6.07 Å². The van der Waals surface area contributed by atoms with E-state index in [9.17, 15) is 22.4 Å². The predicted octanol–water partition coefficient (Wildman–Crippen LogP) is 1.87. The van der Waals surface area contributed by atoms with Crippen molar-refractivity contribution in [3.8, 4) is 0 Å². The molecule has 3 N–H and O–H groups in total. The minimum atomic E-state index is -4.80. The minimum Gasteiger partial charge on any atom is -0.290 e. The van der Waals surface area contributed by atoms with Crippen LogP contribution in [0.1, 0.15) is 15.9 Å². The van der Waals surface area contributed by atoms with Gasteiger partial charge >= 0.3 is 6.18 Å². The Morgan fingerprint density at radius 2 is 1.88 bits per heavy atom. The Kier molecular flexibility index (Phi) is 4.70. The molecule has 0 saturated carbocycles. The molecular formula is C8H7ClF4N2O. The van der Waals surface area contributed by atoms with Crippen molar-refractivity contribution in [1.29, 1.82) is 0 Å². The Hall–Kier alpha value is -1.34. The number of nitrogens with one attached hydrogen (secondary N) is 1. The van der Waals surface area contributed by atoms with E-state index in [0.717, 1.165) is 12.1 Å². The van der Waals surface area contributed by atoms with Gasteiger partial charge in [0.2, 0.25) is 0 Å². The molecule has 1 amide bonds. The van der Waals surface area contributed by atoms with E-state index >= 15 is 0 Å². The molecule has 0 aliphatic heterocycles. The molecule has 0 aromatic heterocycles. The Bertz CT molecular complexity index is 394. The van der Waals surface area contributed by atoms with Gasteiger partial charge in [0, 0.05) is 0 Å². The van der Waals surface area contributed by atoms with Crippen molar-refractivity contribution in [2.75, 3.05) is 0 Å². The fourth-order valence-electron chi connectivity index (χ4n) is 1.06. The first-order chi connectivity index (χ1) is 6.88. The van der Waals surface area contributed by atoms with Gasteiger partial charge in [0.25, 0.3) is 5.91 Å². The van der Waals surface area contributed by atoms with Crippen LogP contribution >= 0.6 is 12.4 Å². The molecule has 0 unspecified atom stereocenters. The lowest BCUT2D eigenvalue weighted by Crippen LogP contribution is -2.32. The highest BCUT2D eigenvalue weighted by Gasteiger charge is 2.36. The summed E-state index contributed by atoms with van der Waals surface area (Å²) >= 11 is 0. The van der Waals surface area contributed by atoms with E-state index in [-0.39, 0.29) is 12.4 Å². The molecule has 8 heteroatoms. The molecule has 90 valence electrons. The third-order valence-electron chi connectivity index (χ3n) is 1.68. The first-order valence-corrected chi connectivity index (χ1v) is 3.74. The van der Waals surface area contributed by atoms with E-state index in [1.807, 2.05) is 0 Å². The first kappa shape index (κ1) is 14.7. The Morgan fingerprint density at radius 1 is 1.31 bits per heavy atom. The molecule has 1 aromatic carbocycles. The number of amides is 1. The summed E-state index contributed by atoms with van der Waals surface area (Å²) in [6.45, 7) is 0. The number of hydrogen-bond donors (Lipinski definition) is 2. The maximum atomic E-state index is 13.0. The molecular weight excluding hydrogens is 252 g/mol. The zero-order valence-electron chi connectivity index (χ0n) is 7.64. The Balaban J connectivity index is 0.00000225. The van der Waals surface area contributed by atoms with E-state index in [2.05, 4.69) is 5.84 Å². The molecule has 0 aliphatic rings. The van der Waals surface area contributed by atoms with Gasteiger partial charge in [0.1, 0.15) is 5.82 Å². The summed E-state index contributed by atoms with van der Waals surface area (Å²) in [5, 5.41) is 0. The van der Waals surface area contributed by atoms with Gasteiger partial charge in [0.15, 0.2) is 0 Å². The standard InChI is InChI=1S/C8H6F4N2O.ClH/c9-5-3-1-2-4(8(10,11)12)6(5)7(15)14-13;/h1-3H,13H2,(H,14,15);1H. The van der Waals surface area contributed by atoms with Crippen molar-refractivity contribution in [3.63, 3.8) is 0 Å². The number of hydrogen-bond acceptors (Lipinski definition) is 2. The second-order valence-electron chi connectivity index (χ2n) is 2.63. The Morgan fingerprint density at radius 3 is 2.31 bits per heavy atom. The van der Waals surface area contributed by atoms with Crippen LogP contribution in [0.15, 0.2) is 18.2 Å². The van der Waals surface area contributed by atoms with Crippen molar-refractivity contribution in [3.05, 3.63) is 35.1 Å². The van der Waals surface area contributed by atoms with Gasteiger partial charge in [-0.2, -0.15) is 13.2 Å². The third kappa shape index (κ3) is 2.83. The molecule has 1 rings (SSSR count). The lowest BCUT2D eigenvalue weighted by Gasteiger charge is -2.11. The van der Waals surface area contributed by atoms with Crippen LogP contribution in [0.25, 0.3) is 0 Å². The lowest BCUT2D eigenvalue weighted by molar-refractivity contribution is -0.138. The van der Waals surface area contributed by atoms with Gasteiger partial charge < -0.3 is 0 Å². The van der Waals surface area contributed by atoms with Crippen LogP contribution in [-0.2, 0) is 6.18 Å². The van der Waals surface area contributed by atoms with Crippen LogP contribution < -0.4 is 11.3 Å². The fourth-order valence-corrected chi connectivity index (χ4v) is 1.06. The van der Waals surface area contributed by atoms with Gasteiger partial charge in [0.05, 0.1) is 11.1 Å². The summed E-state index contributed by atoms with van der Waals surface area (Å²) in [6, 6.07) is 2.22. The molecule has 16 heavy (non-hydrogen) atoms. The normalized spacial score (nSPS) is 10.6. The van der Waals surface area contributed by atoms with E-state index < -0.39 is 29.0 Å². The molecule has 0 radical (unpaired) electrons. The monoisotopic (exact) mass is 258 g/mol. The molecule has 0 atom stereocenters. The maximum absolute atomic E-state index is 13.0. The minimum absolute atomic E-state index is 0. The number of benzene rings is 1. The van der Waals surface area contributed by atoms with E-state index in [1.54, 1.807) is 0 Å². The number of rotatable bonds is 1. The zero-order valence-corrected chi connectivity index (χ0v) is 8.45. The summed E-state index contributed by atoms with van der Waals surface area (Å²) in [5.74, 6) is 2.06. The Labute approximate surface area is 94.0 Å². The summed E-state index contributed by atoms with van der Waals surface area (Å²) < 4.78 is 50.0. The highest BCUT2D eigenvalue weighted by molar-refractivity contribution is 5.95. The quantitative estimate of drug-likeness (QED) is 0.350. The van der Waals surface area contributed by atoms with Gasteiger partial charge in [-0.3, -0.25) is 10.2 Å². The number of halogens is 5. The largest absolute Gasteiger partial charge is 0.417 e. The topological polar surface area (TPSA) is 55.1 Å². The van der Waals surface area contributed by atoms with E-state index in [4.69, 9.17) is 0 Å². The molecule has 0 spiro atoms. The lowest BCUT2D eigenvalue weighted by atomic mass is 10.1. The summed E-state index contributed by atoms with van der Waals surface area (Å²) in [7, 11) is 0. The molecule has 0 aliphatic carbocycles. The summed E-state index contributed by atoms with van der Waals surface area (Å²) in [4.78, 5) is 10.9. The highest BCUT2D eigenvalue weighted by atomic mass is 35.5. The van der Waals surface area contributed by atoms with Crippen LogP contribution in [0.3, 0.4) is 0 Å². The molecule has 3 nitrogen and oxygen atoms in total. The van der Waals surface area contributed by atoms with Crippen molar-refractivity contribution in [2.45, 2.75) is 6.18 Å². The van der Waals surface area contributed by atoms with Crippen molar-refractivity contribution in [2.24, 2.45) is 5.84 Å². The van der Waals surface area contributed by atoms with E-state index in [0.29, 0.717) is 6.07 Å². The molecule has 0 fully saturated rings. The number of nitrogens with two attached hydrogens (primary N) is 1. The maximum Gasteiger partial charge on any atom is 0.417 e. The summed E-state index contributed by atoms with van der Waals surface area (Å²) in [6.07, 6.45) is -4.80. The van der Waals surface area contributed by atoms with Crippen LogP contribution in [0, 0.1) is 5.82 Å². The number of alkyl halides is 3. The second kappa shape index (κ2) is 5.13. The molecule has 0 saturated heterocycles. The summed E-state index contributed by atoms with van der Waals surface area (Å²) in [5.41, 5.74) is -1.00. The van der Waals surface area contributed by atoms with Crippen molar-refractivity contribution in [1.82, 2.24) is 5.43 Å². The van der Waals surface area contributed by atoms with Gasteiger partial charge in [-0.05, 0) is 12.1 Å². The van der Waals surface area contributed by atoms with Crippen LogP contribution in [0.2, 0.25) is 0 Å². The van der Waals surface area contributed by atoms with Gasteiger partial charge in [-0.15, -0.1) is 12.4 Å². The van der Waals surface area contributed by atoms with Crippen LogP contribution in [0.5, 0.6) is 0 Å². The average Bonchev–Trinajstić information content (AvgIpc) is 2.15. The molecule has 1 aromatic rings. The van der Waals surface area contributed by atoms with Crippen molar-refractivity contribution >= 4 is 18.3 Å². The smallest absolute Gasteiger partial charge is 0.290 e. The van der Waals surface area contributed by atoms with Gasteiger partial charge in [-0.25, -0.2) is 10.2 Å². The number of hydrazine groups is 1. The van der Waals surface area contributed by atoms with Crippen LogP contribution in [0.4, 0.5) is 17.6 Å². The predicted molar refractivity (Wildman–Crippen MR) is 50.3 cm³/mol. The van der Waals surface area contributed by atoms with Crippen LogP contribution in [-0.4, -0.2) is 5.91 Å². The SMILES string of the molecule is Cl.NNC(=O)c1c(F)cccc1C(F)(F)F. The fraction of sp³-hybridized carbons (Fsp3) is 0.125. The van der Waals surface area contributed by atoms with E-state index in [1.165, 1.54) is 5.43 Å². The average molecular weight is 259 g/mol. The van der Waals surface area contributed by atoms with Crippen molar-refractivity contribution < 1.29 is 22.4 Å². The third-order valence-corrected chi connectivity index (χ3v) is 1.68. The second-order valence-corrected chi connectivity index (χ2v) is 2.63. The number of nitrogen functional groups attached to an aromatic ring is 1. The molecule has 0 heterocycles. The number of carbonyl (C=O) groups is 1. The number of carbonyl (C=O) groups excluding carboxylic acids is 1. The highest BCUT2D eigenvalue weighted by Crippen LogP contribution is 2.32. The first-order valence-electron chi connectivity index (χ1n) is 3.74. The zero-order chi connectivity index (χ0) is 11.6.